The Bertz CT molecular complexity index is 497. The van der Waals surface area contributed by atoms with E-state index < -0.39 is 0 Å². The largest absolute Gasteiger partial charge is 0.324 e. The van der Waals surface area contributed by atoms with E-state index in [1.54, 1.807) is 6.07 Å². The zero-order valence-electron chi connectivity index (χ0n) is 9.24. The van der Waals surface area contributed by atoms with Crippen molar-refractivity contribution in [1.29, 1.82) is 0 Å². The molecular formula is C14H13Cl2N. The van der Waals surface area contributed by atoms with Crippen LogP contribution in [0.2, 0.25) is 10.0 Å². The maximum Gasteiger partial charge on any atom is 0.0640 e. The van der Waals surface area contributed by atoms with Crippen molar-refractivity contribution in [2.24, 2.45) is 5.73 Å². The zero-order chi connectivity index (χ0) is 12.3. The third kappa shape index (κ3) is 3.01. The first kappa shape index (κ1) is 12.4. The summed E-state index contributed by atoms with van der Waals surface area (Å²) in [6.07, 6.45) is 0.751. The van der Waals surface area contributed by atoms with Gasteiger partial charge in [-0.3, -0.25) is 0 Å². The second kappa shape index (κ2) is 5.54. The van der Waals surface area contributed by atoms with Crippen molar-refractivity contribution in [2.75, 3.05) is 0 Å². The van der Waals surface area contributed by atoms with E-state index in [9.17, 15) is 0 Å². The SMILES string of the molecule is NC(Cc1ccccc1)c1cccc(Cl)c1Cl. The van der Waals surface area contributed by atoms with E-state index in [0.717, 1.165) is 12.0 Å². The number of hydrogen-bond donors (Lipinski definition) is 1. The van der Waals surface area contributed by atoms with Gasteiger partial charge in [0, 0.05) is 6.04 Å². The van der Waals surface area contributed by atoms with Gasteiger partial charge in [-0.15, -0.1) is 0 Å². The molecule has 17 heavy (non-hydrogen) atoms. The van der Waals surface area contributed by atoms with Crippen molar-refractivity contribution in [3.63, 3.8) is 0 Å². The van der Waals surface area contributed by atoms with Gasteiger partial charge in [0.2, 0.25) is 0 Å². The Hall–Kier alpha value is -1.02. The summed E-state index contributed by atoms with van der Waals surface area (Å²) in [5, 5.41) is 1.10. The van der Waals surface area contributed by atoms with Crippen molar-refractivity contribution in [3.05, 3.63) is 69.7 Å². The Morgan fingerprint density at radius 1 is 0.941 bits per heavy atom. The van der Waals surface area contributed by atoms with Crippen LogP contribution >= 0.6 is 23.2 Å². The first-order chi connectivity index (χ1) is 8.18. The van der Waals surface area contributed by atoms with Crippen LogP contribution in [0.25, 0.3) is 0 Å². The van der Waals surface area contributed by atoms with Gasteiger partial charge in [-0.25, -0.2) is 0 Å². The van der Waals surface area contributed by atoms with Gasteiger partial charge in [0.1, 0.15) is 0 Å². The van der Waals surface area contributed by atoms with Gasteiger partial charge in [-0.05, 0) is 23.6 Å². The van der Waals surface area contributed by atoms with Crippen LogP contribution in [-0.2, 0) is 6.42 Å². The molecule has 88 valence electrons. The Balaban J connectivity index is 2.20. The highest BCUT2D eigenvalue weighted by Crippen LogP contribution is 2.30. The molecule has 0 spiro atoms. The van der Waals surface area contributed by atoms with Gasteiger partial charge in [0.15, 0.2) is 0 Å². The van der Waals surface area contributed by atoms with Gasteiger partial charge < -0.3 is 5.73 Å². The molecule has 0 saturated carbocycles. The average molecular weight is 266 g/mol. The highest BCUT2D eigenvalue weighted by Gasteiger charge is 2.12. The second-order valence-corrected chi connectivity index (χ2v) is 4.72. The van der Waals surface area contributed by atoms with Gasteiger partial charge >= 0.3 is 0 Å². The summed E-state index contributed by atoms with van der Waals surface area (Å²) in [4.78, 5) is 0. The molecule has 0 bridgehead atoms. The van der Waals surface area contributed by atoms with E-state index in [-0.39, 0.29) is 6.04 Å². The number of halogens is 2. The smallest absolute Gasteiger partial charge is 0.0640 e. The summed E-state index contributed by atoms with van der Waals surface area (Å²) >= 11 is 12.1. The molecule has 0 heterocycles. The van der Waals surface area contributed by atoms with Crippen molar-refractivity contribution in [3.8, 4) is 0 Å². The molecule has 0 saturated heterocycles. The standard InChI is InChI=1S/C14H13Cl2N/c15-12-8-4-7-11(14(12)16)13(17)9-10-5-2-1-3-6-10/h1-8,13H,9,17H2. The van der Waals surface area contributed by atoms with E-state index in [4.69, 9.17) is 28.9 Å². The molecule has 0 amide bonds. The van der Waals surface area contributed by atoms with Crippen LogP contribution in [0.15, 0.2) is 48.5 Å². The third-order valence-electron chi connectivity index (χ3n) is 2.68. The molecule has 1 atom stereocenters. The summed E-state index contributed by atoms with van der Waals surface area (Å²) in [7, 11) is 0. The van der Waals surface area contributed by atoms with Crippen LogP contribution in [0.4, 0.5) is 0 Å². The number of benzene rings is 2. The van der Waals surface area contributed by atoms with Crippen LogP contribution in [-0.4, -0.2) is 0 Å². The summed E-state index contributed by atoms with van der Waals surface area (Å²) in [5.74, 6) is 0. The highest BCUT2D eigenvalue weighted by atomic mass is 35.5. The molecule has 0 aliphatic heterocycles. The van der Waals surface area contributed by atoms with E-state index in [1.807, 2.05) is 30.3 Å². The predicted molar refractivity (Wildman–Crippen MR) is 73.5 cm³/mol. The van der Waals surface area contributed by atoms with E-state index in [2.05, 4.69) is 12.1 Å². The minimum atomic E-state index is -0.136. The minimum absolute atomic E-state index is 0.136. The lowest BCUT2D eigenvalue weighted by Gasteiger charge is -2.14. The number of hydrogen-bond acceptors (Lipinski definition) is 1. The lowest BCUT2D eigenvalue weighted by molar-refractivity contribution is 0.722. The molecule has 0 aliphatic carbocycles. The molecule has 0 fully saturated rings. The minimum Gasteiger partial charge on any atom is -0.324 e. The highest BCUT2D eigenvalue weighted by molar-refractivity contribution is 6.42. The molecule has 2 aromatic carbocycles. The van der Waals surface area contributed by atoms with Crippen molar-refractivity contribution < 1.29 is 0 Å². The molecule has 0 radical (unpaired) electrons. The quantitative estimate of drug-likeness (QED) is 0.883. The topological polar surface area (TPSA) is 26.0 Å². The fourth-order valence-corrected chi connectivity index (χ4v) is 2.23. The maximum absolute atomic E-state index is 6.15. The van der Waals surface area contributed by atoms with Gasteiger partial charge in [-0.1, -0.05) is 65.7 Å². The summed E-state index contributed by atoms with van der Waals surface area (Å²) in [5.41, 5.74) is 8.24. The molecule has 2 N–H and O–H groups in total. The lowest BCUT2D eigenvalue weighted by Crippen LogP contribution is -2.13. The number of rotatable bonds is 3. The fraction of sp³-hybridized carbons (Fsp3) is 0.143. The molecule has 2 rings (SSSR count). The molecule has 3 heteroatoms. The maximum atomic E-state index is 6.15. The summed E-state index contributed by atoms with van der Waals surface area (Å²) < 4.78 is 0. The van der Waals surface area contributed by atoms with Gasteiger partial charge in [0.05, 0.1) is 10.0 Å². The first-order valence-corrected chi connectivity index (χ1v) is 6.17. The summed E-state index contributed by atoms with van der Waals surface area (Å²) in [6.45, 7) is 0. The Morgan fingerprint density at radius 3 is 2.35 bits per heavy atom. The molecule has 1 nitrogen and oxygen atoms in total. The van der Waals surface area contributed by atoms with Crippen molar-refractivity contribution in [2.45, 2.75) is 12.5 Å². The monoisotopic (exact) mass is 265 g/mol. The molecule has 1 unspecified atom stereocenters. The Labute approximate surface area is 111 Å². The van der Waals surface area contributed by atoms with Crippen molar-refractivity contribution in [1.82, 2.24) is 0 Å². The van der Waals surface area contributed by atoms with Crippen LogP contribution < -0.4 is 5.73 Å². The van der Waals surface area contributed by atoms with Crippen molar-refractivity contribution >= 4 is 23.2 Å². The zero-order valence-corrected chi connectivity index (χ0v) is 10.7. The fourth-order valence-electron chi connectivity index (χ4n) is 1.78. The Morgan fingerprint density at radius 2 is 1.65 bits per heavy atom. The molecule has 2 aromatic rings. The average Bonchev–Trinajstić information content (AvgIpc) is 2.34. The van der Waals surface area contributed by atoms with Crippen LogP contribution in [0.1, 0.15) is 17.2 Å². The molecule has 0 aliphatic rings. The normalized spacial score (nSPS) is 12.4. The molecule has 0 aromatic heterocycles. The summed E-state index contributed by atoms with van der Waals surface area (Å²) in [6, 6.07) is 15.5. The third-order valence-corrected chi connectivity index (χ3v) is 3.51. The van der Waals surface area contributed by atoms with E-state index in [0.29, 0.717) is 10.0 Å². The van der Waals surface area contributed by atoms with Gasteiger partial charge in [0.25, 0.3) is 0 Å². The van der Waals surface area contributed by atoms with E-state index >= 15 is 0 Å². The van der Waals surface area contributed by atoms with Crippen LogP contribution in [0.3, 0.4) is 0 Å². The Kier molecular flexibility index (Phi) is 4.06. The predicted octanol–water partition coefficient (Wildman–Crippen LogP) is 4.24. The first-order valence-electron chi connectivity index (χ1n) is 5.42. The molecular weight excluding hydrogens is 253 g/mol. The van der Waals surface area contributed by atoms with Crippen LogP contribution in [0.5, 0.6) is 0 Å². The van der Waals surface area contributed by atoms with Gasteiger partial charge in [-0.2, -0.15) is 0 Å². The lowest BCUT2D eigenvalue weighted by atomic mass is 10.00. The number of nitrogens with two attached hydrogens (primary N) is 1. The van der Waals surface area contributed by atoms with Crippen LogP contribution in [0, 0.1) is 0 Å². The second-order valence-electron chi connectivity index (χ2n) is 3.94. The van der Waals surface area contributed by atoms with E-state index in [1.165, 1.54) is 5.56 Å².